The lowest BCUT2D eigenvalue weighted by atomic mass is 10.2. The third-order valence-corrected chi connectivity index (χ3v) is 2.95. The number of hydrogen-bond acceptors (Lipinski definition) is 2. The second-order valence-corrected chi connectivity index (χ2v) is 4.60. The molecule has 0 aliphatic heterocycles. The predicted octanol–water partition coefficient (Wildman–Crippen LogP) is 4.03. The van der Waals surface area contributed by atoms with E-state index in [9.17, 15) is 4.39 Å². The molecule has 2 nitrogen and oxygen atoms in total. The van der Waals surface area contributed by atoms with Gasteiger partial charge in [-0.3, -0.25) is 0 Å². The van der Waals surface area contributed by atoms with E-state index < -0.39 is 5.82 Å². The van der Waals surface area contributed by atoms with Gasteiger partial charge in [0.05, 0.1) is 11.6 Å². The topological polar surface area (TPSA) is 21.3 Å². The molecule has 0 fully saturated rings. The molecule has 102 valence electrons. The number of rotatable bonds is 9. The van der Waals surface area contributed by atoms with Crippen LogP contribution in [0.4, 0.5) is 4.39 Å². The Kier molecular flexibility index (Phi) is 7.78. The van der Waals surface area contributed by atoms with Crippen molar-refractivity contribution in [3.8, 4) is 5.75 Å². The fraction of sp³-hybridized carbons (Fsp3) is 0.571. The lowest BCUT2D eigenvalue weighted by Crippen LogP contribution is -2.13. The maximum absolute atomic E-state index is 12.9. The highest BCUT2D eigenvalue weighted by molar-refractivity contribution is 6.30. The molecule has 0 spiro atoms. The summed E-state index contributed by atoms with van der Waals surface area (Å²) in [5.74, 6) is 0.224. The highest BCUT2D eigenvalue weighted by atomic mass is 35.5. The van der Waals surface area contributed by atoms with E-state index in [2.05, 4.69) is 12.2 Å². The van der Waals surface area contributed by atoms with Crippen LogP contribution in [0.25, 0.3) is 0 Å². The minimum Gasteiger partial charge on any atom is -0.494 e. The van der Waals surface area contributed by atoms with Crippen LogP contribution < -0.4 is 10.1 Å². The fourth-order valence-electron chi connectivity index (χ4n) is 1.64. The van der Waals surface area contributed by atoms with Crippen LogP contribution in [0.5, 0.6) is 5.75 Å². The molecule has 0 saturated carbocycles. The Bertz CT molecular complexity index is 347. The standard InChI is InChI=1S/C14H21ClFNO/c1-2-17-9-5-3-4-6-10-18-12-7-8-14(16)13(15)11-12/h7-8,11,17H,2-6,9-10H2,1H3. The molecule has 0 aromatic heterocycles. The van der Waals surface area contributed by atoms with E-state index in [1.54, 1.807) is 6.07 Å². The second-order valence-electron chi connectivity index (χ2n) is 4.19. The molecule has 0 radical (unpaired) electrons. The van der Waals surface area contributed by atoms with Gasteiger partial charge in [0, 0.05) is 6.07 Å². The molecule has 0 saturated heterocycles. The van der Waals surface area contributed by atoms with Crippen molar-refractivity contribution in [2.75, 3.05) is 19.7 Å². The Hall–Kier alpha value is -0.800. The molecule has 0 heterocycles. The van der Waals surface area contributed by atoms with Crippen molar-refractivity contribution >= 4 is 11.6 Å². The number of benzene rings is 1. The Morgan fingerprint density at radius 2 is 2.00 bits per heavy atom. The molecule has 1 aromatic rings. The van der Waals surface area contributed by atoms with Crippen molar-refractivity contribution < 1.29 is 9.13 Å². The van der Waals surface area contributed by atoms with Crippen LogP contribution in [0.1, 0.15) is 32.6 Å². The van der Waals surface area contributed by atoms with Crippen molar-refractivity contribution in [3.63, 3.8) is 0 Å². The minimum atomic E-state index is -0.410. The molecular formula is C14H21ClFNO. The van der Waals surface area contributed by atoms with Gasteiger partial charge in [-0.05, 0) is 38.1 Å². The monoisotopic (exact) mass is 273 g/mol. The van der Waals surface area contributed by atoms with E-state index in [-0.39, 0.29) is 5.02 Å². The van der Waals surface area contributed by atoms with Gasteiger partial charge in [-0.15, -0.1) is 0 Å². The van der Waals surface area contributed by atoms with Gasteiger partial charge in [0.25, 0.3) is 0 Å². The molecule has 0 bridgehead atoms. The SMILES string of the molecule is CCNCCCCCCOc1ccc(F)c(Cl)c1. The third kappa shape index (κ3) is 6.22. The maximum atomic E-state index is 12.9. The second kappa shape index (κ2) is 9.17. The zero-order chi connectivity index (χ0) is 13.2. The Morgan fingerprint density at radius 3 is 2.72 bits per heavy atom. The summed E-state index contributed by atoms with van der Waals surface area (Å²) in [6.45, 7) is 4.89. The van der Waals surface area contributed by atoms with Crippen LogP contribution in [-0.4, -0.2) is 19.7 Å². The van der Waals surface area contributed by atoms with Crippen molar-refractivity contribution in [3.05, 3.63) is 29.0 Å². The van der Waals surface area contributed by atoms with Crippen LogP contribution >= 0.6 is 11.6 Å². The smallest absolute Gasteiger partial charge is 0.142 e. The Labute approximate surface area is 113 Å². The number of nitrogens with one attached hydrogen (secondary N) is 1. The largest absolute Gasteiger partial charge is 0.494 e. The molecule has 18 heavy (non-hydrogen) atoms. The van der Waals surface area contributed by atoms with Gasteiger partial charge in [-0.1, -0.05) is 31.4 Å². The average Bonchev–Trinajstić information content (AvgIpc) is 2.37. The molecular weight excluding hydrogens is 253 g/mol. The first-order valence-corrected chi connectivity index (χ1v) is 6.90. The summed E-state index contributed by atoms with van der Waals surface area (Å²) in [4.78, 5) is 0. The highest BCUT2D eigenvalue weighted by Crippen LogP contribution is 2.21. The Balaban J connectivity index is 2.05. The molecule has 0 aliphatic rings. The van der Waals surface area contributed by atoms with E-state index in [1.165, 1.54) is 25.0 Å². The first-order chi connectivity index (χ1) is 8.74. The van der Waals surface area contributed by atoms with E-state index in [0.717, 1.165) is 25.9 Å². The van der Waals surface area contributed by atoms with E-state index in [1.807, 2.05) is 0 Å². The molecule has 1 aromatic carbocycles. The minimum absolute atomic E-state index is 0.109. The molecule has 4 heteroatoms. The van der Waals surface area contributed by atoms with Crippen molar-refractivity contribution in [2.24, 2.45) is 0 Å². The molecule has 0 unspecified atom stereocenters. The molecule has 0 amide bonds. The summed E-state index contributed by atoms with van der Waals surface area (Å²) in [6, 6.07) is 4.45. The van der Waals surface area contributed by atoms with Crippen LogP contribution in [-0.2, 0) is 0 Å². The fourth-order valence-corrected chi connectivity index (χ4v) is 1.81. The van der Waals surface area contributed by atoms with Crippen LogP contribution in [0.2, 0.25) is 5.02 Å². The predicted molar refractivity (Wildman–Crippen MR) is 73.9 cm³/mol. The van der Waals surface area contributed by atoms with Crippen molar-refractivity contribution in [1.82, 2.24) is 5.32 Å². The molecule has 1 rings (SSSR count). The first-order valence-electron chi connectivity index (χ1n) is 6.52. The van der Waals surface area contributed by atoms with Crippen LogP contribution in [0, 0.1) is 5.82 Å². The normalized spacial score (nSPS) is 10.6. The number of ether oxygens (including phenoxy) is 1. The van der Waals surface area contributed by atoms with Gasteiger partial charge in [-0.2, -0.15) is 0 Å². The molecule has 0 atom stereocenters. The lowest BCUT2D eigenvalue weighted by Gasteiger charge is -2.07. The summed E-state index contributed by atoms with van der Waals surface area (Å²) in [6.07, 6.45) is 4.58. The van der Waals surface area contributed by atoms with Gasteiger partial charge in [-0.25, -0.2) is 4.39 Å². The average molecular weight is 274 g/mol. The highest BCUT2D eigenvalue weighted by Gasteiger charge is 2.01. The van der Waals surface area contributed by atoms with E-state index in [4.69, 9.17) is 16.3 Å². The van der Waals surface area contributed by atoms with E-state index >= 15 is 0 Å². The third-order valence-electron chi connectivity index (χ3n) is 2.66. The lowest BCUT2D eigenvalue weighted by molar-refractivity contribution is 0.304. The van der Waals surface area contributed by atoms with Crippen molar-refractivity contribution in [2.45, 2.75) is 32.6 Å². The van der Waals surface area contributed by atoms with Gasteiger partial charge in [0.2, 0.25) is 0 Å². The molecule has 0 aliphatic carbocycles. The van der Waals surface area contributed by atoms with Gasteiger partial charge < -0.3 is 10.1 Å². The van der Waals surface area contributed by atoms with E-state index in [0.29, 0.717) is 12.4 Å². The summed E-state index contributed by atoms with van der Waals surface area (Å²) >= 11 is 5.66. The van der Waals surface area contributed by atoms with Gasteiger partial charge in [0.1, 0.15) is 11.6 Å². The zero-order valence-corrected chi connectivity index (χ0v) is 11.6. The number of halogens is 2. The molecule has 1 N–H and O–H groups in total. The first kappa shape index (κ1) is 15.3. The summed E-state index contributed by atoms with van der Waals surface area (Å²) in [5.41, 5.74) is 0. The van der Waals surface area contributed by atoms with Crippen molar-refractivity contribution in [1.29, 1.82) is 0 Å². The summed E-state index contributed by atoms with van der Waals surface area (Å²) in [7, 11) is 0. The Morgan fingerprint density at radius 1 is 1.22 bits per heavy atom. The number of hydrogen-bond donors (Lipinski definition) is 1. The maximum Gasteiger partial charge on any atom is 0.142 e. The number of unbranched alkanes of at least 4 members (excludes halogenated alkanes) is 3. The van der Waals surface area contributed by atoms with Gasteiger partial charge >= 0.3 is 0 Å². The summed E-state index contributed by atoms with van der Waals surface area (Å²) < 4.78 is 18.4. The van der Waals surface area contributed by atoms with Crippen LogP contribution in [0.3, 0.4) is 0 Å². The van der Waals surface area contributed by atoms with Gasteiger partial charge in [0.15, 0.2) is 0 Å². The van der Waals surface area contributed by atoms with Crippen LogP contribution in [0.15, 0.2) is 18.2 Å². The quantitative estimate of drug-likeness (QED) is 0.686. The summed E-state index contributed by atoms with van der Waals surface area (Å²) in [5, 5.41) is 3.40. The zero-order valence-electron chi connectivity index (χ0n) is 10.8.